The number of fused-ring (bicyclic) bond motifs is 1. The van der Waals surface area contributed by atoms with Crippen LogP contribution in [0, 0.1) is 5.92 Å². The predicted molar refractivity (Wildman–Crippen MR) is 137 cm³/mol. The molecule has 0 saturated heterocycles. The number of unbranched alkanes of at least 4 members (excludes halogenated alkanes) is 1. The van der Waals surface area contributed by atoms with Gasteiger partial charge >= 0.3 is 0 Å². The Morgan fingerprint density at radius 1 is 1.15 bits per heavy atom. The first-order valence-electron chi connectivity index (χ1n) is 12.2. The van der Waals surface area contributed by atoms with Crippen molar-refractivity contribution in [1.82, 2.24) is 5.32 Å². The van der Waals surface area contributed by atoms with E-state index in [0.29, 0.717) is 23.9 Å². The molecule has 186 valence electrons. The summed E-state index contributed by atoms with van der Waals surface area (Å²) in [5.41, 5.74) is 1.29. The summed E-state index contributed by atoms with van der Waals surface area (Å²) in [7, 11) is -3.88. The van der Waals surface area contributed by atoms with Crippen molar-refractivity contribution < 1.29 is 17.9 Å². The molecule has 1 aliphatic rings. The summed E-state index contributed by atoms with van der Waals surface area (Å²) in [4.78, 5) is 13.3. The third kappa shape index (κ3) is 5.93. The number of amides is 1. The first-order chi connectivity index (χ1) is 16.1. The number of carbonyl (C=O) groups excluding carboxylic acids is 1. The fourth-order valence-corrected chi connectivity index (χ4v) is 5.59. The van der Waals surface area contributed by atoms with Crippen LogP contribution in [0.2, 0.25) is 0 Å². The first-order valence-corrected chi connectivity index (χ1v) is 13.7. The van der Waals surface area contributed by atoms with Crippen LogP contribution in [0.3, 0.4) is 0 Å². The van der Waals surface area contributed by atoms with Gasteiger partial charge in [0.1, 0.15) is 5.75 Å². The molecule has 0 aliphatic carbocycles. The summed E-state index contributed by atoms with van der Waals surface area (Å²) in [6, 6.07) is 13.9. The lowest BCUT2D eigenvalue weighted by Gasteiger charge is -2.36. The smallest absolute Gasteiger partial charge is 0.264 e. The number of nitrogens with one attached hydrogen (secondary N) is 1. The Kier molecular flexibility index (Phi) is 8.29. The van der Waals surface area contributed by atoms with Crippen LogP contribution >= 0.6 is 0 Å². The first kappa shape index (κ1) is 26.1. The summed E-state index contributed by atoms with van der Waals surface area (Å²) in [5.74, 6) is 0.518. The number of carbonyl (C=O) groups is 1. The van der Waals surface area contributed by atoms with Gasteiger partial charge in [-0.1, -0.05) is 78.1 Å². The molecule has 0 spiro atoms. The molecule has 2 aromatic rings. The molecular weight excluding hydrogens is 448 g/mol. The average Bonchev–Trinajstić information content (AvgIpc) is 2.82. The van der Waals surface area contributed by atoms with Gasteiger partial charge < -0.3 is 10.1 Å². The summed E-state index contributed by atoms with van der Waals surface area (Å²) in [6.07, 6.45) is 3.37. The summed E-state index contributed by atoms with van der Waals surface area (Å²) >= 11 is 0. The molecule has 6 nitrogen and oxygen atoms in total. The predicted octanol–water partition coefficient (Wildman–Crippen LogP) is 5.27. The van der Waals surface area contributed by atoms with Gasteiger partial charge in [-0.05, 0) is 47.6 Å². The van der Waals surface area contributed by atoms with E-state index in [1.54, 1.807) is 36.4 Å². The molecule has 0 radical (unpaired) electrons. The topological polar surface area (TPSA) is 75.7 Å². The lowest BCUT2D eigenvalue weighted by Crippen LogP contribution is -2.51. The lowest BCUT2D eigenvalue weighted by atomic mass is 9.86. The average molecular weight is 487 g/mol. The van der Waals surface area contributed by atoms with Crippen molar-refractivity contribution in [3.63, 3.8) is 0 Å². The Balaban J connectivity index is 1.92. The largest absolute Gasteiger partial charge is 0.476 e. The second-order valence-corrected chi connectivity index (χ2v) is 11.9. The zero-order chi connectivity index (χ0) is 24.9. The van der Waals surface area contributed by atoms with Gasteiger partial charge in [-0.2, -0.15) is 0 Å². The van der Waals surface area contributed by atoms with Crippen LogP contribution < -0.4 is 14.4 Å². The number of hydrogen-bond donors (Lipinski definition) is 1. The Hall–Kier alpha value is -2.54. The zero-order valence-electron chi connectivity index (χ0n) is 21.0. The molecule has 1 aliphatic heterocycles. The lowest BCUT2D eigenvalue weighted by molar-refractivity contribution is -0.127. The zero-order valence-corrected chi connectivity index (χ0v) is 21.8. The molecule has 1 N–H and O–H groups in total. The Labute approximate surface area is 204 Å². The Bertz CT molecular complexity index is 1080. The van der Waals surface area contributed by atoms with Crippen LogP contribution in [0.1, 0.15) is 65.9 Å². The maximum Gasteiger partial charge on any atom is 0.264 e. The number of ether oxygens (including phenoxy) is 1. The molecule has 2 atom stereocenters. The van der Waals surface area contributed by atoms with Crippen LogP contribution in [-0.4, -0.2) is 33.5 Å². The number of sulfonamides is 1. The van der Waals surface area contributed by atoms with Crippen molar-refractivity contribution in [3.8, 4) is 5.75 Å². The minimum absolute atomic E-state index is 0.0740. The monoisotopic (exact) mass is 486 g/mol. The van der Waals surface area contributed by atoms with E-state index in [-0.39, 0.29) is 22.8 Å². The highest BCUT2D eigenvalue weighted by Gasteiger charge is 2.38. The van der Waals surface area contributed by atoms with Gasteiger partial charge in [-0.3, -0.25) is 9.10 Å². The van der Waals surface area contributed by atoms with Gasteiger partial charge in [-0.25, -0.2) is 8.42 Å². The Morgan fingerprint density at radius 3 is 2.47 bits per heavy atom. The van der Waals surface area contributed by atoms with Crippen LogP contribution in [-0.2, 0) is 20.2 Å². The molecule has 1 heterocycles. The molecule has 34 heavy (non-hydrogen) atoms. The maximum atomic E-state index is 13.6. The van der Waals surface area contributed by atoms with E-state index in [1.807, 2.05) is 12.1 Å². The molecular formula is C27H38N2O4S. The normalized spacial score (nSPS) is 17.0. The summed E-state index contributed by atoms with van der Waals surface area (Å²) < 4.78 is 34.7. The van der Waals surface area contributed by atoms with Gasteiger partial charge in [0.2, 0.25) is 0 Å². The highest BCUT2D eigenvalue weighted by Crippen LogP contribution is 2.40. The van der Waals surface area contributed by atoms with Gasteiger partial charge in [0.25, 0.3) is 15.9 Å². The third-order valence-electron chi connectivity index (χ3n) is 6.43. The molecule has 2 aromatic carbocycles. The standard InChI is InChI=1S/C27H38N2O4S/c1-6-8-12-20(7-2)18-28-26(30)25-19-29(34(31,32)22-13-10-9-11-14-22)23-17-21(27(3,4)5)15-16-24(23)33-25/h9-11,13-17,20,25H,6-8,12,18-19H2,1-5H3,(H,28,30)/t20-,25+/m1/s1. The van der Waals surface area contributed by atoms with Crippen molar-refractivity contribution >= 4 is 21.6 Å². The summed E-state index contributed by atoms with van der Waals surface area (Å²) in [6.45, 7) is 11.0. The Morgan fingerprint density at radius 2 is 1.85 bits per heavy atom. The molecule has 0 saturated carbocycles. The second kappa shape index (κ2) is 10.8. The van der Waals surface area contributed by atoms with E-state index in [2.05, 4.69) is 39.9 Å². The van der Waals surface area contributed by atoms with E-state index in [1.165, 1.54) is 4.31 Å². The fraction of sp³-hybridized carbons (Fsp3) is 0.519. The van der Waals surface area contributed by atoms with E-state index < -0.39 is 16.1 Å². The second-order valence-electron chi connectivity index (χ2n) is 10.0. The van der Waals surface area contributed by atoms with Crippen molar-refractivity contribution in [2.45, 2.75) is 76.7 Å². The third-order valence-corrected chi connectivity index (χ3v) is 8.22. The van der Waals surface area contributed by atoms with Crippen molar-refractivity contribution in [2.24, 2.45) is 5.92 Å². The highest BCUT2D eigenvalue weighted by molar-refractivity contribution is 7.92. The van der Waals surface area contributed by atoms with E-state index in [9.17, 15) is 13.2 Å². The van der Waals surface area contributed by atoms with E-state index in [0.717, 1.165) is 31.2 Å². The van der Waals surface area contributed by atoms with Crippen molar-refractivity contribution in [3.05, 3.63) is 54.1 Å². The van der Waals surface area contributed by atoms with Gasteiger partial charge in [0.15, 0.2) is 6.10 Å². The van der Waals surface area contributed by atoms with Crippen molar-refractivity contribution in [1.29, 1.82) is 0 Å². The molecule has 0 aromatic heterocycles. The molecule has 7 heteroatoms. The van der Waals surface area contributed by atoms with Crippen LogP contribution in [0.25, 0.3) is 0 Å². The van der Waals surface area contributed by atoms with Crippen LogP contribution in [0.4, 0.5) is 5.69 Å². The number of hydrogen-bond acceptors (Lipinski definition) is 4. The molecule has 3 rings (SSSR count). The van der Waals surface area contributed by atoms with E-state index >= 15 is 0 Å². The molecule has 0 bridgehead atoms. The number of anilines is 1. The van der Waals surface area contributed by atoms with Gasteiger partial charge in [0.05, 0.1) is 17.1 Å². The van der Waals surface area contributed by atoms with Crippen molar-refractivity contribution in [2.75, 3.05) is 17.4 Å². The minimum Gasteiger partial charge on any atom is -0.476 e. The number of rotatable bonds is 9. The summed E-state index contributed by atoms with van der Waals surface area (Å²) in [5, 5.41) is 3.01. The number of nitrogens with zero attached hydrogens (tertiary/aromatic N) is 1. The molecule has 0 unspecified atom stereocenters. The van der Waals surface area contributed by atoms with Crippen LogP contribution in [0.5, 0.6) is 5.75 Å². The fourth-order valence-electron chi connectivity index (χ4n) is 4.10. The minimum atomic E-state index is -3.88. The van der Waals surface area contributed by atoms with Gasteiger partial charge in [-0.15, -0.1) is 0 Å². The van der Waals surface area contributed by atoms with Gasteiger partial charge in [0, 0.05) is 6.54 Å². The molecule has 1 amide bonds. The highest BCUT2D eigenvalue weighted by atomic mass is 32.2. The maximum absolute atomic E-state index is 13.6. The molecule has 0 fully saturated rings. The number of benzene rings is 2. The quantitative estimate of drug-likeness (QED) is 0.524. The SMILES string of the molecule is CCCC[C@@H](CC)CNC(=O)[C@@H]1CN(S(=O)(=O)c2ccccc2)c2cc(C(C)(C)C)ccc2O1. The van der Waals surface area contributed by atoms with E-state index in [4.69, 9.17) is 4.74 Å². The van der Waals surface area contributed by atoms with Crippen LogP contribution in [0.15, 0.2) is 53.4 Å².